The average Bonchev–Trinajstić information content (AvgIpc) is 2.31. The number of piperidine rings is 1. The number of rotatable bonds is 1. The maximum atomic E-state index is 13.3. The van der Waals surface area contributed by atoms with Crippen molar-refractivity contribution in [2.24, 2.45) is 0 Å². The van der Waals surface area contributed by atoms with Gasteiger partial charge in [-0.25, -0.2) is 4.39 Å². The summed E-state index contributed by atoms with van der Waals surface area (Å²) in [7, 11) is 2.05. The normalized spacial score (nSPS) is 36.6. The third kappa shape index (κ3) is 1.92. The largest absolute Gasteiger partial charge is 0.383 e. The van der Waals surface area contributed by atoms with Crippen LogP contribution in [0.25, 0.3) is 0 Å². The average molecular weight is 252 g/mol. The molecule has 3 heterocycles. The van der Waals surface area contributed by atoms with E-state index in [9.17, 15) is 9.50 Å². The molecule has 98 valence electrons. The van der Waals surface area contributed by atoms with Gasteiger partial charge in [0.25, 0.3) is 0 Å². The molecule has 18 heavy (non-hydrogen) atoms. The number of ether oxygens (including phenoxy) is 1. The number of pyridine rings is 1. The Bertz CT molecular complexity index is 440. The van der Waals surface area contributed by atoms with Crippen LogP contribution in [0.5, 0.6) is 0 Å². The highest BCUT2D eigenvalue weighted by Gasteiger charge is 2.46. The molecular weight excluding hydrogens is 235 g/mol. The Morgan fingerprint density at radius 2 is 2.11 bits per heavy atom. The van der Waals surface area contributed by atoms with Crippen molar-refractivity contribution in [3.8, 4) is 0 Å². The Morgan fingerprint density at radius 3 is 2.72 bits per heavy atom. The van der Waals surface area contributed by atoms with E-state index in [1.807, 2.05) is 0 Å². The standard InChI is InChI=1S/C13H17FN2O2/c1-16-10-5-13(17,6-11(16)8-18-7-10)12-4-9(14)2-3-15-12/h2-4,10-11,17H,5-8H2,1H3. The Labute approximate surface area is 105 Å². The summed E-state index contributed by atoms with van der Waals surface area (Å²) < 4.78 is 18.8. The van der Waals surface area contributed by atoms with Crippen LogP contribution in [-0.2, 0) is 10.3 Å². The van der Waals surface area contributed by atoms with Gasteiger partial charge in [-0.3, -0.25) is 9.88 Å². The summed E-state index contributed by atoms with van der Waals surface area (Å²) in [5, 5.41) is 10.8. The zero-order chi connectivity index (χ0) is 12.8. The molecule has 0 spiro atoms. The number of aliphatic hydroxyl groups is 1. The number of nitrogens with zero attached hydrogens (tertiary/aromatic N) is 2. The molecule has 1 aromatic heterocycles. The molecule has 2 bridgehead atoms. The lowest BCUT2D eigenvalue weighted by molar-refractivity contribution is -0.139. The number of likely N-dealkylation sites (N-methyl/N-ethyl adjacent to an activating group) is 1. The molecule has 2 fully saturated rings. The first-order chi connectivity index (χ1) is 8.58. The summed E-state index contributed by atoms with van der Waals surface area (Å²) in [6.45, 7) is 1.23. The number of fused-ring (bicyclic) bond motifs is 2. The highest BCUT2D eigenvalue weighted by atomic mass is 19.1. The van der Waals surface area contributed by atoms with Gasteiger partial charge < -0.3 is 9.84 Å². The Hall–Kier alpha value is -1.04. The molecule has 2 atom stereocenters. The van der Waals surface area contributed by atoms with Crippen LogP contribution in [0.2, 0.25) is 0 Å². The van der Waals surface area contributed by atoms with Gasteiger partial charge in [-0.2, -0.15) is 0 Å². The molecule has 0 aromatic carbocycles. The van der Waals surface area contributed by atoms with Crippen molar-refractivity contribution in [2.75, 3.05) is 20.3 Å². The second kappa shape index (κ2) is 4.26. The van der Waals surface area contributed by atoms with E-state index in [0.717, 1.165) is 0 Å². The smallest absolute Gasteiger partial charge is 0.126 e. The second-order valence-corrected chi connectivity index (χ2v) is 5.31. The van der Waals surface area contributed by atoms with E-state index in [1.165, 1.54) is 18.3 Å². The molecule has 2 saturated heterocycles. The molecule has 0 aliphatic carbocycles. The molecule has 1 aromatic rings. The summed E-state index contributed by atoms with van der Waals surface area (Å²) in [5.74, 6) is -0.353. The Balaban J connectivity index is 1.92. The first-order valence-electron chi connectivity index (χ1n) is 6.22. The number of aromatic nitrogens is 1. The van der Waals surface area contributed by atoms with Crippen LogP contribution in [0.1, 0.15) is 18.5 Å². The van der Waals surface area contributed by atoms with E-state index in [2.05, 4.69) is 16.9 Å². The van der Waals surface area contributed by atoms with Crippen molar-refractivity contribution in [2.45, 2.75) is 30.5 Å². The highest BCUT2D eigenvalue weighted by molar-refractivity contribution is 5.17. The predicted molar refractivity (Wildman–Crippen MR) is 63.5 cm³/mol. The summed E-state index contributed by atoms with van der Waals surface area (Å²) >= 11 is 0. The van der Waals surface area contributed by atoms with Crippen molar-refractivity contribution < 1.29 is 14.2 Å². The van der Waals surface area contributed by atoms with E-state index in [1.54, 1.807) is 0 Å². The van der Waals surface area contributed by atoms with Gasteiger partial charge in [0, 0.05) is 18.3 Å². The van der Waals surface area contributed by atoms with E-state index in [-0.39, 0.29) is 17.9 Å². The summed E-state index contributed by atoms with van der Waals surface area (Å²) in [5.41, 5.74) is -0.597. The van der Waals surface area contributed by atoms with Gasteiger partial charge in [-0.1, -0.05) is 0 Å². The lowest BCUT2D eigenvalue weighted by atomic mass is 9.79. The van der Waals surface area contributed by atoms with Gasteiger partial charge in [-0.05, 0) is 32.0 Å². The number of hydrogen-bond acceptors (Lipinski definition) is 4. The van der Waals surface area contributed by atoms with Gasteiger partial charge in [-0.15, -0.1) is 0 Å². The maximum Gasteiger partial charge on any atom is 0.126 e. The Morgan fingerprint density at radius 1 is 1.44 bits per heavy atom. The Kier molecular flexibility index (Phi) is 2.84. The van der Waals surface area contributed by atoms with Crippen molar-refractivity contribution in [3.63, 3.8) is 0 Å². The van der Waals surface area contributed by atoms with E-state index >= 15 is 0 Å². The summed E-state index contributed by atoms with van der Waals surface area (Å²) in [4.78, 5) is 6.39. The van der Waals surface area contributed by atoms with Crippen LogP contribution in [0.3, 0.4) is 0 Å². The lowest BCUT2D eigenvalue weighted by Crippen LogP contribution is -2.59. The van der Waals surface area contributed by atoms with E-state index in [0.29, 0.717) is 31.7 Å². The van der Waals surface area contributed by atoms with Crippen LogP contribution >= 0.6 is 0 Å². The minimum absolute atomic E-state index is 0.174. The molecule has 2 unspecified atom stereocenters. The fourth-order valence-corrected chi connectivity index (χ4v) is 3.01. The van der Waals surface area contributed by atoms with Gasteiger partial charge in [0.2, 0.25) is 0 Å². The minimum Gasteiger partial charge on any atom is -0.383 e. The molecule has 0 radical (unpaired) electrons. The highest BCUT2D eigenvalue weighted by Crippen LogP contribution is 2.39. The van der Waals surface area contributed by atoms with Crippen molar-refractivity contribution in [1.29, 1.82) is 0 Å². The molecule has 2 aliphatic heterocycles. The first-order valence-corrected chi connectivity index (χ1v) is 6.22. The SMILES string of the molecule is CN1C2COCC1CC(O)(c1cc(F)ccn1)C2. The third-order valence-corrected chi connectivity index (χ3v) is 4.12. The van der Waals surface area contributed by atoms with Crippen molar-refractivity contribution in [3.05, 3.63) is 29.8 Å². The zero-order valence-corrected chi connectivity index (χ0v) is 10.3. The number of morpholine rings is 1. The lowest BCUT2D eigenvalue weighted by Gasteiger charge is -2.49. The van der Waals surface area contributed by atoms with E-state index < -0.39 is 5.60 Å². The summed E-state index contributed by atoms with van der Waals surface area (Å²) in [6, 6.07) is 2.98. The van der Waals surface area contributed by atoms with Gasteiger partial charge >= 0.3 is 0 Å². The fourth-order valence-electron chi connectivity index (χ4n) is 3.01. The van der Waals surface area contributed by atoms with Crippen LogP contribution < -0.4 is 0 Å². The number of hydrogen-bond donors (Lipinski definition) is 1. The minimum atomic E-state index is -1.03. The molecule has 0 amide bonds. The van der Waals surface area contributed by atoms with Gasteiger partial charge in [0.15, 0.2) is 0 Å². The second-order valence-electron chi connectivity index (χ2n) is 5.31. The molecule has 0 saturated carbocycles. The molecule has 2 aliphatic rings. The molecular formula is C13H17FN2O2. The van der Waals surface area contributed by atoms with Crippen molar-refractivity contribution >= 4 is 0 Å². The van der Waals surface area contributed by atoms with Crippen LogP contribution in [0, 0.1) is 5.82 Å². The molecule has 5 heteroatoms. The quantitative estimate of drug-likeness (QED) is 0.806. The van der Waals surface area contributed by atoms with Crippen LogP contribution in [0.15, 0.2) is 18.3 Å². The van der Waals surface area contributed by atoms with E-state index in [4.69, 9.17) is 4.74 Å². The maximum absolute atomic E-state index is 13.3. The van der Waals surface area contributed by atoms with Crippen molar-refractivity contribution in [1.82, 2.24) is 9.88 Å². The van der Waals surface area contributed by atoms with Crippen LogP contribution in [0.4, 0.5) is 4.39 Å². The fraction of sp³-hybridized carbons (Fsp3) is 0.615. The topological polar surface area (TPSA) is 45.6 Å². The molecule has 3 rings (SSSR count). The predicted octanol–water partition coefficient (Wildman–Crippen LogP) is 0.901. The third-order valence-electron chi connectivity index (χ3n) is 4.12. The monoisotopic (exact) mass is 252 g/mol. The summed E-state index contributed by atoms with van der Waals surface area (Å²) in [6.07, 6.45) is 2.49. The first kappa shape index (κ1) is 12.0. The molecule has 4 nitrogen and oxygen atoms in total. The number of halogens is 1. The molecule has 1 N–H and O–H groups in total. The van der Waals surface area contributed by atoms with Gasteiger partial charge in [0.1, 0.15) is 11.4 Å². The van der Waals surface area contributed by atoms with Gasteiger partial charge in [0.05, 0.1) is 18.9 Å². The van der Waals surface area contributed by atoms with Crippen LogP contribution in [-0.4, -0.2) is 47.3 Å². The zero-order valence-electron chi connectivity index (χ0n) is 10.3.